The summed E-state index contributed by atoms with van der Waals surface area (Å²) in [6.45, 7) is 2.87. The van der Waals surface area contributed by atoms with Crippen LogP contribution >= 0.6 is 0 Å². The van der Waals surface area contributed by atoms with E-state index in [2.05, 4.69) is 0 Å². The summed E-state index contributed by atoms with van der Waals surface area (Å²) >= 11 is 0. The van der Waals surface area contributed by atoms with E-state index in [-0.39, 0.29) is 31.6 Å². The lowest BCUT2D eigenvalue weighted by Gasteiger charge is -2.33. The monoisotopic (exact) mass is 663 g/mol. The van der Waals surface area contributed by atoms with Crippen LogP contribution in [-0.2, 0) is 34.8 Å². The lowest BCUT2D eigenvalue weighted by Crippen LogP contribution is -2.38. The number of benzene rings is 2. The molecular formula is C33H31F6N3O5. The van der Waals surface area contributed by atoms with Crippen molar-refractivity contribution in [2.75, 3.05) is 18.0 Å². The molecule has 1 saturated carbocycles. The first kappa shape index (κ1) is 32.5. The lowest BCUT2D eigenvalue weighted by molar-refractivity contribution is -0.143. The van der Waals surface area contributed by atoms with Crippen LogP contribution in [0.15, 0.2) is 48.5 Å². The third kappa shape index (κ3) is 7.10. The zero-order valence-electron chi connectivity index (χ0n) is 25.2. The van der Waals surface area contributed by atoms with Crippen LogP contribution in [0, 0.1) is 0 Å². The van der Waals surface area contributed by atoms with Gasteiger partial charge in [-0.2, -0.15) is 26.3 Å². The quantitative estimate of drug-likeness (QED) is 0.223. The zero-order chi connectivity index (χ0) is 33.7. The first-order valence-electron chi connectivity index (χ1n) is 15.2. The Hall–Kier alpha value is -4.49. The van der Waals surface area contributed by atoms with Crippen molar-refractivity contribution < 1.29 is 50.5 Å². The Morgan fingerprint density at radius 3 is 2.23 bits per heavy atom. The van der Waals surface area contributed by atoms with E-state index in [0.717, 1.165) is 37.9 Å². The molecule has 2 atom stereocenters. The van der Waals surface area contributed by atoms with Gasteiger partial charge in [0.1, 0.15) is 17.7 Å². The van der Waals surface area contributed by atoms with Crippen LogP contribution in [-0.4, -0.2) is 52.3 Å². The Morgan fingerprint density at radius 2 is 1.66 bits per heavy atom. The first-order chi connectivity index (χ1) is 22.2. The number of rotatable bonds is 10. The van der Waals surface area contributed by atoms with E-state index in [9.17, 15) is 41.0 Å². The van der Waals surface area contributed by atoms with Gasteiger partial charge in [0.25, 0.3) is 0 Å². The third-order valence-corrected chi connectivity index (χ3v) is 8.57. The van der Waals surface area contributed by atoms with Gasteiger partial charge in [-0.1, -0.05) is 6.07 Å². The first-order valence-corrected chi connectivity index (χ1v) is 15.2. The van der Waals surface area contributed by atoms with Gasteiger partial charge in [-0.3, -0.25) is 9.69 Å². The number of aliphatic carboxylic acids is 1. The van der Waals surface area contributed by atoms with Crippen molar-refractivity contribution in [3.63, 3.8) is 0 Å². The summed E-state index contributed by atoms with van der Waals surface area (Å²) in [5.74, 6) is 0.237. The summed E-state index contributed by atoms with van der Waals surface area (Å²) < 4.78 is 93.2. The fourth-order valence-electron chi connectivity index (χ4n) is 5.70. The summed E-state index contributed by atoms with van der Waals surface area (Å²) in [5.41, 5.74) is -1.06. The molecule has 1 N–H and O–H groups in total. The molecule has 3 aliphatic rings. The van der Waals surface area contributed by atoms with Gasteiger partial charge in [0, 0.05) is 30.6 Å². The number of cyclic esters (lactones) is 1. The van der Waals surface area contributed by atoms with Crippen LogP contribution in [0.25, 0.3) is 11.1 Å². The number of alkyl halides is 6. The van der Waals surface area contributed by atoms with Crippen molar-refractivity contribution in [3.05, 3.63) is 76.5 Å². The van der Waals surface area contributed by atoms with E-state index in [1.54, 1.807) is 12.1 Å². The van der Waals surface area contributed by atoms with Crippen molar-refractivity contribution >= 4 is 17.9 Å². The van der Waals surface area contributed by atoms with E-state index in [4.69, 9.17) is 14.5 Å². The predicted molar refractivity (Wildman–Crippen MR) is 157 cm³/mol. The number of carbonyl (C=O) groups is 2. The van der Waals surface area contributed by atoms with Crippen molar-refractivity contribution in [1.82, 2.24) is 9.88 Å². The molecule has 0 spiro atoms. The minimum absolute atomic E-state index is 0.0266. The summed E-state index contributed by atoms with van der Waals surface area (Å²) in [7, 11) is 0. The normalized spacial score (nSPS) is 19.9. The molecule has 250 valence electrons. The summed E-state index contributed by atoms with van der Waals surface area (Å²) in [4.78, 5) is 32.6. The second-order valence-corrected chi connectivity index (χ2v) is 12.1. The molecule has 3 heterocycles. The molecule has 1 aromatic heterocycles. The van der Waals surface area contributed by atoms with Gasteiger partial charge in [0.15, 0.2) is 0 Å². The smallest absolute Gasteiger partial charge is 0.416 e. The molecular weight excluding hydrogens is 632 g/mol. The molecule has 2 aromatic carbocycles. The van der Waals surface area contributed by atoms with Gasteiger partial charge >= 0.3 is 24.4 Å². The molecule has 1 aliphatic carbocycles. The predicted octanol–water partition coefficient (Wildman–Crippen LogP) is 7.64. The Kier molecular flexibility index (Phi) is 8.47. The number of amides is 1. The second-order valence-electron chi connectivity index (χ2n) is 12.1. The van der Waals surface area contributed by atoms with E-state index < -0.39 is 53.3 Å². The number of carboxylic acids is 1. The maximum atomic E-state index is 13.6. The molecule has 3 aromatic rings. The van der Waals surface area contributed by atoms with E-state index >= 15 is 0 Å². The fourth-order valence-corrected chi connectivity index (χ4v) is 5.70. The van der Waals surface area contributed by atoms with Gasteiger partial charge in [-0.15, -0.1) is 0 Å². The molecule has 0 radical (unpaired) electrons. The fraction of sp³-hybridized carbons (Fsp3) is 0.424. The number of halogens is 6. The SMILES string of the molecule is CC1C(c2cc(C(F)(F)F)cc(C(F)(F)F)c2)OC(=O)N1Cc1nc(N2CCC2)ccc1-c1cc(CCC(=O)O)ccc1OC1CC1. The van der Waals surface area contributed by atoms with Gasteiger partial charge < -0.3 is 19.5 Å². The minimum Gasteiger partial charge on any atom is -0.490 e. The highest BCUT2D eigenvalue weighted by Crippen LogP contribution is 2.43. The summed E-state index contributed by atoms with van der Waals surface area (Å²) in [5, 5.41) is 9.22. The van der Waals surface area contributed by atoms with E-state index in [0.29, 0.717) is 40.5 Å². The number of anilines is 1. The van der Waals surface area contributed by atoms with Crippen LogP contribution in [0.1, 0.15) is 66.7 Å². The van der Waals surface area contributed by atoms with Crippen molar-refractivity contribution in [3.8, 4) is 16.9 Å². The van der Waals surface area contributed by atoms with Crippen LogP contribution in [0.4, 0.5) is 37.0 Å². The Morgan fingerprint density at radius 1 is 0.979 bits per heavy atom. The molecule has 0 bridgehead atoms. The average Bonchev–Trinajstić information content (AvgIpc) is 3.75. The Bertz CT molecular complexity index is 1650. The van der Waals surface area contributed by atoms with Gasteiger partial charge in [-0.05, 0) is 86.2 Å². The topological polar surface area (TPSA) is 92.2 Å². The van der Waals surface area contributed by atoms with Gasteiger partial charge in [0.2, 0.25) is 0 Å². The number of hydrogen-bond donors (Lipinski definition) is 1. The highest BCUT2D eigenvalue weighted by atomic mass is 19.4. The molecule has 1 amide bonds. The maximum Gasteiger partial charge on any atom is 0.416 e. The number of aromatic nitrogens is 1. The Balaban J connectivity index is 1.37. The average molecular weight is 664 g/mol. The van der Waals surface area contributed by atoms with Crippen LogP contribution in [0.5, 0.6) is 5.75 Å². The van der Waals surface area contributed by atoms with E-state index in [1.165, 1.54) is 11.8 Å². The van der Waals surface area contributed by atoms with Crippen molar-refractivity contribution in [2.45, 2.75) is 76.2 Å². The highest BCUT2D eigenvalue weighted by Gasteiger charge is 2.44. The van der Waals surface area contributed by atoms with E-state index in [1.807, 2.05) is 23.1 Å². The second kappa shape index (κ2) is 12.3. The Labute approximate surface area is 265 Å². The number of nitrogens with zero attached hydrogens (tertiary/aromatic N) is 3. The number of carboxylic acid groups (broad SMARTS) is 1. The molecule has 3 fully saturated rings. The number of pyridine rings is 1. The number of aryl methyl sites for hydroxylation is 1. The highest BCUT2D eigenvalue weighted by molar-refractivity contribution is 5.76. The van der Waals surface area contributed by atoms with Gasteiger partial charge in [-0.25, -0.2) is 9.78 Å². The summed E-state index contributed by atoms with van der Waals surface area (Å²) in [6, 6.07) is 9.27. The van der Waals surface area contributed by atoms with Crippen LogP contribution < -0.4 is 9.64 Å². The van der Waals surface area contributed by atoms with Crippen LogP contribution in [0.2, 0.25) is 0 Å². The maximum absolute atomic E-state index is 13.6. The largest absolute Gasteiger partial charge is 0.490 e. The molecule has 2 saturated heterocycles. The van der Waals surface area contributed by atoms with Crippen molar-refractivity contribution in [2.24, 2.45) is 0 Å². The number of hydrogen-bond acceptors (Lipinski definition) is 6. The van der Waals surface area contributed by atoms with Crippen LogP contribution in [0.3, 0.4) is 0 Å². The molecule has 6 rings (SSSR count). The number of ether oxygens (including phenoxy) is 2. The molecule has 47 heavy (non-hydrogen) atoms. The standard InChI is InChI=1S/C33H31F6N3O5/c1-18-30(20-14-21(32(34,35)36)16-22(15-20)33(37,38)39)47-31(45)42(18)17-26-24(7-9-28(40-26)41-11-2-12-41)25-13-19(4-10-29(43)44)3-8-27(25)46-23-5-6-23/h3,7-9,13-16,18,23,30H,2,4-6,10-12,17H2,1H3,(H,43,44). The van der Waals surface area contributed by atoms with Gasteiger partial charge in [0.05, 0.1) is 35.5 Å². The molecule has 8 nitrogen and oxygen atoms in total. The summed E-state index contributed by atoms with van der Waals surface area (Å²) in [6.07, 6.45) is -9.53. The lowest BCUT2D eigenvalue weighted by atomic mass is 9.96. The molecule has 2 unspecified atom stereocenters. The minimum atomic E-state index is -5.06. The molecule has 2 aliphatic heterocycles. The molecule has 14 heteroatoms. The zero-order valence-corrected chi connectivity index (χ0v) is 25.2. The van der Waals surface area contributed by atoms with Crippen molar-refractivity contribution in [1.29, 1.82) is 0 Å². The number of carbonyl (C=O) groups excluding carboxylic acids is 1. The third-order valence-electron chi connectivity index (χ3n) is 8.57.